The van der Waals surface area contributed by atoms with Crippen LogP contribution in [-0.2, 0) is 0 Å². The number of hydrogen-bond donors (Lipinski definition) is 2. The van der Waals surface area contributed by atoms with Gasteiger partial charge in [0.05, 0.1) is 5.56 Å². The van der Waals surface area contributed by atoms with Gasteiger partial charge in [-0.3, -0.25) is 9.78 Å². The van der Waals surface area contributed by atoms with Crippen molar-refractivity contribution in [2.24, 2.45) is 11.7 Å². The van der Waals surface area contributed by atoms with E-state index in [9.17, 15) is 4.79 Å². The average Bonchev–Trinajstić information content (AvgIpc) is 2.27. The van der Waals surface area contributed by atoms with Crippen molar-refractivity contribution < 1.29 is 4.79 Å². The van der Waals surface area contributed by atoms with Crippen LogP contribution in [0.4, 0.5) is 0 Å². The van der Waals surface area contributed by atoms with Gasteiger partial charge < -0.3 is 11.1 Å². The molecular weight excluding hydrogens is 214 g/mol. The van der Waals surface area contributed by atoms with Gasteiger partial charge in [0.1, 0.15) is 0 Å². The Morgan fingerprint density at radius 2 is 2.18 bits per heavy atom. The number of hydrogen-bond acceptors (Lipinski definition) is 3. The molecular formula is C13H21N3O. The molecule has 3 N–H and O–H groups in total. The van der Waals surface area contributed by atoms with Gasteiger partial charge in [0, 0.05) is 25.0 Å². The number of aryl methyl sites for hydroxylation is 1. The van der Waals surface area contributed by atoms with Gasteiger partial charge >= 0.3 is 0 Å². The van der Waals surface area contributed by atoms with Crippen LogP contribution in [0.1, 0.15) is 36.2 Å². The lowest BCUT2D eigenvalue weighted by molar-refractivity contribution is 0.0933. The molecule has 1 aromatic rings. The lowest BCUT2D eigenvalue weighted by Crippen LogP contribution is -2.41. The SMILES string of the molecule is Cc1cncc(C(=O)NC(CN)CC(C)C)c1. The number of nitrogens with zero attached hydrogens (tertiary/aromatic N) is 1. The van der Waals surface area contributed by atoms with Gasteiger partial charge in [0.2, 0.25) is 0 Å². The Balaban J connectivity index is 2.64. The smallest absolute Gasteiger partial charge is 0.253 e. The van der Waals surface area contributed by atoms with E-state index in [0.717, 1.165) is 12.0 Å². The van der Waals surface area contributed by atoms with Crippen molar-refractivity contribution in [3.05, 3.63) is 29.6 Å². The van der Waals surface area contributed by atoms with E-state index in [4.69, 9.17) is 5.73 Å². The van der Waals surface area contributed by atoms with E-state index in [2.05, 4.69) is 24.1 Å². The molecule has 0 fully saturated rings. The Hall–Kier alpha value is -1.42. The Kier molecular flexibility index (Phi) is 5.10. The largest absolute Gasteiger partial charge is 0.348 e. The van der Waals surface area contributed by atoms with E-state index >= 15 is 0 Å². The van der Waals surface area contributed by atoms with Crippen molar-refractivity contribution in [1.29, 1.82) is 0 Å². The summed E-state index contributed by atoms with van der Waals surface area (Å²) in [5.74, 6) is 0.414. The van der Waals surface area contributed by atoms with E-state index in [1.54, 1.807) is 12.4 Å². The maximum atomic E-state index is 11.9. The summed E-state index contributed by atoms with van der Waals surface area (Å²) in [6.07, 6.45) is 4.19. The van der Waals surface area contributed by atoms with Crippen molar-refractivity contribution in [3.8, 4) is 0 Å². The predicted molar refractivity (Wildman–Crippen MR) is 68.7 cm³/mol. The molecule has 1 atom stereocenters. The normalized spacial score (nSPS) is 12.5. The highest BCUT2D eigenvalue weighted by molar-refractivity contribution is 5.94. The standard InChI is InChI=1S/C13H21N3O/c1-9(2)4-12(6-14)16-13(17)11-5-10(3)7-15-8-11/h5,7-9,12H,4,6,14H2,1-3H3,(H,16,17). The summed E-state index contributed by atoms with van der Waals surface area (Å²) in [5, 5.41) is 2.94. The van der Waals surface area contributed by atoms with Crippen LogP contribution in [0, 0.1) is 12.8 Å². The number of amides is 1. The van der Waals surface area contributed by atoms with Crippen LogP contribution in [0.2, 0.25) is 0 Å². The van der Waals surface area contributed by atoms with Crippen LogP contribution < -0.4 is 11.1 Å². The van der Waals surface area contributed by atoms with E-state index in [0.29, 0.717) is 18.0 Å². The fourth-order valence-corrected chi connectivity index (χ4v) is 1.73. The summed E-state index contributed by atoms with van der Waals surface area (Å²) in [6, 6.07) is 1.86. The summed E-state index contributed by atoms with van der Waals surface area (Å²) in [4.78, 5) is 15.9. The number of carbonyl (C=O) groups is 1. The molecule has 4 nitrogen and oxygen atoms in total. The van der Waals surface area contributed by atoms with Crippen LogP contribution in [0.25, 0.3) is 0 Å². The van der Waals surface area contributed by atoms with Crippen LogP contribution in [0.5, 0.6) is 0 Å². The minimum atomic E-state index is -0.0997. The van der Waals surface area contributed by atoms with Crippen molar-refractivity contribution in [3.63, 3.8) is 0 Å². The molecule has 1 aromatic heterocycles. The minimum Gasteiger partial charge on any atom is -0.348 e. The van der Waals surface area contributed by atoms with E-state index < -0.39 is 0 Å². The number of nitrogens with one attached hydrogen (secondary N) is 1. The molecule has 17 heavy (non-hydrogen) atoms. The van der Waals surface area contributed by atoms with Crippen molar-refractivity contribution >= 4 is 5.91 Å². The Bertz CT molecular complexity index is 377. The van der Waals surface area contributed by atoms with Gasteiger partial charge in [-0.05, 0) is 30.9 Å². The molecule has 1 rings (SSSR count). The number of carbonyl (C=O) groups excluding carboxylic acids is 1. The average molecular weight is 235 g/mol. The summed E-state index contributed by atoms with van der Waals surface area (Å²) in [6.45, 7) is 6.60. The molecule has 0 aliphatic heterocycles. The second kappa shape index (κ2) is 6.35. The summed E-state index contributed by atoms with van der Waals surface area (Å²) < 4.78 is 0. The van der Waals surface area contributed by atoms with Gasteiger partial charge in [0.15, 0.2) is 0 Å². The van der Waals surface area contributed by atoms with E-state index in [1.165, 1.54) is 0 Å². The van der Waals surface area contributed by atoms with Crippen molar-refractivity contribution in [2.45, 2.75) is 33.2 Å². The lowest BCUT2D eigenvalue weighted by atomic mass is 10.0. The first-order valence-electron chi connectivity index (χ1n) is 5.95. The zero-order valence-electron chi connectivity index (χ0n) is 10.7. The molecule has 1 heterocycles. The third-order valence-corrected chi connectivity index (χ3v) is 2.51. The van der Waals surface area contributed by atoms with Crippen LogP contribution in [0.15, 0.2) is 18.5 Å². The first-order chi connectivity index (χ1) is 8.02. The molecule has 1 amide bonds. The molecule has 0 radical (unpaired) electrons. The molecule has 0 aliphatic rings. The second-order valence-electron chi connectivity index (χ2n) is 4.79. The third kappa shape index (κ3) is 4.53. The molecule has 0 saturated carbocycles. The summed E-state index contributed by atoms with van der Waals surface area (Å²) in [7, 11) is 0. The highest BCUT2D eigenvalue weighted by Gasteiger charge is 2.13. The molecule has 1 unspecified atom stereocenters. The Labute approximate surface area is 103 Å². The molecule has 4 heteroatoms. The zero-order valence-corrected chi connectivity index (χ0v) is 10.7. The number of aromatic nitrogens is 1. The van der Waals surface area contributed by atoms with Gasteiger partial charge in [-0.2, -0.15) is 0 Å². The molecule has 0 spiro atoms. The van der Waals surface area contributed by atoms with Crippen LogP contribution in [-0.4, -0.2) is 23.5 Å². The van der Waals surface area contributed by atoms with E-state index in [-0.39, 0.29) is 11.9 Å². The highest BCUT2D eigenvalue weighted by Crippen LogP contribution is 2.06. The van der Waals surface area contributed by atoms with Crippen molar-refractivity contribution in [1.82, 2.24) is 10.3 Å². The van der Waals surface area contributed by atoms with Crippen molar-refractivity contribution in [2.75, 3.05) is 6.54 Å². The first kappa shape index (κ1) is 13.6. The minimum absolute atomic E-state index is 0.0306. The maximum Gasteiger partial charge on any atom is 0.253 e. The zero-order chi connectivity index (χ0) is 12.8. The predicted octanol–water partition coefficient (Wildman–Crippen LogP) is 1.49. The molecule has 0 aromatic carbocycles. The fraction of sp³-hybridized carbons (Fsp3) is 0.538. The van der Waals surface area contributed by atoms with Gasteiger partial charge in [-0.25, -0.2) is 0 Å². The topological polar surface area (TPSA) is 68.0 Å². The Morgan fingerprint density at radius 3 is 2.71 bits per heavy atom. The van der Waals surface area contributed by atoms with Gasteiger partial charge in [0.25, 0.3) is 5.91 Å². The van der Waals surface area contributed by atoms with Crippen LogP contribution in [0.3, 0.4) is 0 Å². The molecule has 0 saturated heterocycles. The second-order valence-corrected chi connectivity index (χ2v) is 4.79. The van der Waals surface area contributed by atoms with Crippen LogP contribution >= 0.6 is 0 Å². The Morgan fingerprint density at radius 1 is 1.47 bits per heavy atom. The summed E-state index contributed by atoms with van der Waals surface area (Å²) in [5.41, 5.74) is 7.21. The summed E-state index contributed by atoms with van der Waals surface area (Å²) >= 11 is 0. The monoisotopic (exact) mass is 235 g/mol. The van der Waals surface area contributed by atoms with Gasteiger partial charge in [-0.15, -0.1) is 0 Å². The lowest BCUT2D eigenvalue weighted by Gasteiger charge is -2.18. The van der Waals surface area contributed by atoms with E-state index in [1.807, 2.05) is 13.0 Å². The third-order valence-electron chi connectivity index (χ3n) is 2.51. The number of pyridine rings is 1. The highest BCUT2D eigenvalue weighted by atomic mass is 16.1. The number of nitrogens with two attached hydrogens (primary N) is 1. The maximum absolute atomic E-state index is 11.9. The number of rotatable bonds is 5. The molecule has 0 bridgehead atoms. The first-order valence-corrected chi connectivity index (χ1v) is 5.95. The quantitative estimate of drug-likeness (QED) is 0.812. The van der Waals surface area contributed by atoms with Gasteiger partial charge in [-0.1, -0.05) is 13.8 Å². The molecule has 0 aliphatic carbocycles. The fourth-order valence-electron chi connectivity index (χ4n) is 1.73. The molecule has 94 valence electrons.